The van der Waals surface area contributed by atoms with Gasteiger partial charge in [-0.3, -0.25) is 14.5 Å². The first kappa shape index (κ1) is 24.0. The predicted molar refractivity (Wildman–Crippen MR) is 143 cm³/mol. The van der Waals surface area contributed by atoms with E-state index in [0.717, 1.165) is 16.7 Å². The molecule has 3 aromatic carbocycles. The number of aromatic nitrogens is 1. The van der Waals surface area contributed by atoms with Crippen molar-refractivity contribution in [1.82, 2.24) is 4.98 Å². The highest BCUT2D eigenvalue weighted by Gasteiger charge is 2.48. The Morgan fingerprint density at radius 3 is 2.64 bits per heavy atom. The molecule has 0 saturated carbocycles. The van der Waals surface area contributed by atoms with Crippen molar-refractivity contribution >= 4 is 55.7 Å². The summed E-state index contributed by atoms with van der Waals surface area (Å²) < 4.78 is 6.60. The number of benzene rings is 3. The molecular weight excluding hydrogens is 496 g/mol. The maximum Gasteiger partial charge on any atom is 0.301 e. The first-order valence-electron chi connectivity index (χ1n) is 11.5. The van der Waals surface area contributed by atoms with E-state index in [9.17, 15) is 14.7 Å². The number of ketones is 1. The fourth-order valence-corrected chi connectivity index (χ4v) is 5.46. The summed E-state index contributed by atoms with van der Waals surface area (Å²) in [6.07, 6.45) is 0.838. The van der Waals surface area contributed by atoms with E-state index in [1.807, 2.05) is 44.2 Å². The number of aliphatic hydroxyl groups is 1. The summed E-state index contributed by atoms with van der Waals surface area (Å²) in [6.45, 7) is 4.48. The van der Waals surface area contributed by atoms with Gasteiger partial charge in [-0.15, -0.1) is 0 Å². The Hall–Kier alpha value is -3.68. The molecule has 1 aliphatic rings. The fraction of sp³-hybridized carbons (Fsp3) is 0.179. The molecule has 0 radical (unpaired) electrons. The first-order chi connectivity index (χ1) is 17.4. The number of aliphatic hydroxyl groups excluding tert-OH is 1. The molecule has 1 unspecified atom stereocenters. The number of carbonyl (C=O) groups is 2. The Morgan fingerprint density at radius 2 is 1.89 bits per heavy atom. The first-order valence-corrected chi connectivity index (χ1v) is 12.7. The number of hydrogen-bond donors (Lipinski definition) is 1. The predicted octanol–water partition coefficient (Wildman–Crippen LogP) is 6.67. The molecule has 1 aliphatic heterocycles. The molecule has 6 nitrogen and oxygen atoms in total. The topological polar surface area (TPSA) is 79.7 Å². The SMILES string of the molecule is CCCOc1cccc(C2C(=C(O)c3ccc(C)cc3)C(=O)C(=O)N2c2nc3ccc(Cl)cc3s2)c1. The van der Waals surface area contributed by atoms with Crippen LogP contribution in [0.5, 0.6) is 5.75 Å². The van der Waals surface area contributed by atoms with Crippen molar-refractivity contribution < 1.29 is 19.4 Å². The molecule has 1 N–H and O–H groups in total. The van der Waals surface area contributed by atoms with Crippen molar-refractivity contribution in [3.63, 3.8) is 0 Å². The smallest absolute Gasteiger partial charge is 0.301 e. The van der Waals surface area contributed by atoms with Gasteiger partial charge < -0.3 is 9.84 Å². The zero-order valence-corrected chi connectivity index (χ0v) is 21.3. The van der Waals surface area contributed by atoms with Crippen LogP contribution in [0.2, 0.25) is 5.02 Å². The Labute approximate surface area is 217 Å². The number of ether oxygens (including phenoxy) is 1. The molecule has 0 spiro atoms. The van der Waals surface area contributed by atoms with Crippen LogP contribution < -0.4 is 9.64 Å². The third kappa shape index (κ3) is 4.36. The Kier molecular flexibility index (Phi) is 6.51. The van der Waals surface area contributed by atoms with Crippen LogP contribution in [-0.2, 0) is 9.59 Å². The van der Waals surface area contributed by atoms with Crippen LogP contribution in [-0.4, -0.2) is 28.4 Å². The molecule has 4 aromatic rings. The highest BCUT2D eigenvalue weighted by atomic mass is 35.5. The second-order valence-electron chi connectivity index (χ2n) is 8.56. The van der Waals surface area contributed by atoms with Gasteiger partial charge in [0.15, 0.2) is 5.13 Å². The maximum atomic E-state index is 13.4. The summed E-state index contributed by atoms with van der Waals surface area (Å²) in [5.74, 6) is -1.13. The average Bonchev–Trinajstić information content (AvgIpc) is 3.40. The van der Waals surface area contributed by atoms with Crippen molar-refractivity contribution in [2.24, 2.45) is 0 Å². The lowest BCUT2D eigenvalue weighted by molar-refractivity contribution is -0.132. The zero-order chi connectivity index (χ0) is 25.4. The molecule has 0 aliphatic carbocycles. The van der Waals surface area contributed by atoms with E-state index in [2.05, 4.69) is 4.98 Å². The van der Waals surface area contributed by atoms with E-state index in [4.69, 9.17) is 16.3 Å². The van der Waals surface area contributed by atoms with E-state index in [1.54, 1.807) is 36.4 Å². The van der Waals surface area contributed by atoms with Crippen LogP contribution in [0.1, 0.15) is 36.1 Å². The number of rotatable bonds is 6. The Bertz CT molecular complexity index is 1510. The van der Waals surface area contributed by atoms with Crippen molar-refractivity contribution in [3.8, 4) is 5.75 Å². The maximum absolute atomic E-state index is 13.4. The van der Waals surface area contributed by atoms with Crippen LogP contribution >= 0.6 is 22.9 Å². The third-order valence-corrected chi connectivity index (χ3v) is 7.21. The van der Waals surface area contributed by atoms with Gasteiger partial charge in [0, 0.05) is 10.6 Å². The minimum absolute atomic E-state index is 0.00813. The summed E-state index contributed by atoms with van der Waals surface area (Å²) in [4.78, 5) is 32.8. The molecule has 0 bridgehead atoms. The normalized spacial score (nSPS) is 17.2. The minimum atomic E-state index is -0.882. The van der Waals surface area contributed by atoms with Crippen molar-refractivity contribution in [2.75, 3.05) is 11.5 Å². The van der Waals surface area contributed by atoms with E-state index >= 15 is 0 Å². The fourth-order valence-electron chi connectivity index (χ4n) is 4.20. The van der Waals surface area contributed by atoms with Crippen LogP contribution in [0.3, 0.4) is 0 Å². The monoisotopic (exact) mass is 518 g/mol. The van der Waals surface area contributed by atoms with Crippen LogP contribution in [0.15, 0.2) is 72.3 Å². The van der Waals surface area contributed by atoms with Gasteiger partial charge in [-0.2, -0.15) is 0 Å². The van der Waals surface area contributed by atoms with Gasteiger partial charge in [0.05, 0.1) is 28.4 Å². The number of Topliss-reactive ketones (excluding diaryl/α,β-unsaturated/α-hetero) is 1. The van der Waals surface area contributed by atoms with Crippen molar-refractivity contribution in [1.29, 1.82) is 0 Å². The standard InChI is InChI=1S/C28H23ClN2O4S/c1-3-13-35-20-6-4-5-18(14-20)24-23(25(32)17-9-7-16(2)8-10-17)26(33)27(34)31(24)28-30-21-12-11-19(29)15-22(21)36-28/h4-12,14-15,24,32H,3,13H2,1-2H3. The zero-order valence-electron chi connectivity index (χ0n) is 19.7. The number of hydrogen-bond acceptors (Lipinski definition) is 6. The molecule has 1 amide bonds. The summed E-state index contributed by atoms with van der Waals surface area (Å²) in [6, 6.07) is 18.8. The highest BCUT2D eigenvalue weighted by Crippen LogP contribution is 2.45. The van der Waals surface area contributed by atoms with Crippen LogP contribution in [0.4, 0.5) is 5.13 Å². The third-order valence-electron chi connectivity index (χ3n) is 5.96. The van der Waals surface area contributed by atoms with Gasteiger partial charge in [0.25, 0.3) is 5.78 Å². The Morgan fingerprint density at radius 1 is 1.11 bits per heavy atom. The van der Waals surface area contributed by atoms with Crippen molar-refractivity contribution in [2.45, 2.75) is 26.3 Å². The van der Waals surface area contributed by atoms with Gasteiger partial charge in [-0.1, -0.05) is 71.8 Å². The number of aryl methyl sites for hydroxylation is 1. The number of anilines is 1. The number of carbonyl (C=O) groups excluding carboxylic acids is 2. The summed E-state index contributed by atoms with van der Waals surface area (Å²) in [5.41, 5.74) is 2.77. The van der Waals surface area contributed by atoms with E-state index in [0.29, 0.717) is 39.2 Å². The molecule has 1 aromatic heterocycles. The lowest BCUT2D eigenvalue weighted by Crippen LogP contribution is -2.29. The number of fused-ring (bicyclic) bond motifs is 1. The molecule has 1 atom stereocenters. The number of halogens is 1. The lowest BCUT2D eigenvalue weighted by Gasteiger charge is -2.23. The number of nitrogens with zero attached hydrogens (tertiary/aromatic N) is 2. The summed E-state index contributed by atoms with van der Waals surface area (Å²) in [5, 5.41) is 12.2. The minimum Gasteiger partial charge on any atom is -0.507 e. The summed E-state index contributed by atoms with van der Waals surface area (Å²) >= 11 is 7.42. The lowest BCUT2D eigenvalue weighted by atomic mass is 9.95. The van der Waals surface area contributed by atoms with Crippen LogP contribution in [0, 0.1) is 6.92 Å². The molecule has 182 valence electrons. The number of thiazole rings is 1. The molecule has 8 heteroatoms. The second-order valence-corrected chi connectivity index (χ2v) is 10.0. The quantitative estimate of drug-likeness (QED) is 0.175. The molecule has 5 rings (SSSR count). The Balaban J connectivity index is 1.70. The number of amides is 1. The van der Waals surface area contributed by atoms with Gasteiger partial charge in [0.2, 0.25) is 0 Å². The molecule has 1 fully saturated rings. The summed E-state index contributed by atoms with van der Waals surface area (Å²) in [7, 11) is 0. The van der Waals surface area contributed by atoms with Gasteiger partial charge in [0.1, 0.15) is 11.5 Å². The second kappa shape index (κ2) is 9.76. The van der Waals surface area contributed by atoms with Gasteiger partial charge in [-0.25, -0.2) is 4.98 Å². The molecular formula is C28H23ClN2O4S. The molecule has 2 heterocycles. The van der Waals surface area contributed by atoms with E-state index in [-0.39, 0.29) is 11.3 Å². The highest BCUT2D eigenvalue weighted by molar-refractivity contribution is 7.22. The molecule has 1 saturated heterocycles. The van der Waals surface area contributed by atoms with Crippen LogP contribution in [0.25, 0.3) is 16.0 Å². The van der Waals surface area contributed by atoms with Crippen molar-refractivity contribution in [3.05, 3.63) is 94.0 Å². The average molecular weight is 519 g/mol. The van der Waals surface area contributed by atoms with Gasteiger partial charge >= 0.3 is 5.91 Å². The van der Waals surface area contributed by atoms with Gasteiger partial charge in [-0.05, 0) is 49.2 Å². The van der Waals surface area contributed by atoms with E-state index in [1.165, 1.54) is 16.2 Å². The largest absolute Gasteiger partial charge is 0.507 e. The molecule has 36 heavy (non-hydrogen) atoms. The van der Waals surface area contributed by atoms with E-state index < -0.39 is 17.7 Å².